The van der Waals surface area contributed by atoms with Crippen molar-refractivity contribution in [3.8, 4) is 5.75 Å². The highest BCUT2D eigenvalue weighted by atomic mass is 31.2. The van der Waals surface area contributed by atoms with Crippen LogP contribution in [0.4, 0.5) is 0 Å². The van der Waals surface area contributed by atoms with Gasteiger partial charge in [-0.25, -0.2) is 4.79 Å². The topological polar surface area (TPSA) is 168 Å². The lowest BCUT2D eigenvalue weighted by Crippen LogP contribution is -2.53. The second-order valence-corrected chi connectivity index (χ2v) is 39.3. The summed E-state index contributed by atoms with van der Waals surface area (Å²) in [6.07, 6.45) is 4.35. The first-order valence-electron chi connectivity index (χ1n) is 31.3. The molecule has 1 aromatic rings. The number of methoxy groups -OCH3 is 1. The molecule has 0 radical (unpaired) electrons. The summed E-state index contributed by atoms with van der Waals surface area (Å²) in [5.74, 6) is -0.423. The molecule has 0 aliphatic heterocycles. The molecule has 0 saturated heterocycles. The van der Waals surface area contributed by atoms with Crippen molar-refractivity contribution >= 4 is 56.1 Å². The Bertz CT molecular complexity index is 2140. The summed E-state index contributed by atoms with van der Waals surface area (Å²) in [7, 11) is -8.97. The summed E-state index contributed by atoms with van der Waals surface area (Å²) in [6.45, 7) is 42.3. The van der Waals surface area contributed by atoms with E-state index in [0.717, 1.165) is 83.9 Å². The molecule has 0 aromatic heterocycles. The van der Waals surface area contributed by atoms with Gasteiger partial charge in [0.15, 0.2) is 30.7 Å². The Morgan fingerprint density at radius 3 is 1.78 bits per heavy atom. The number of ketones is 2. The van der Waals surface area contributed by atoms with Gasteiger partial charge in [0.2, 0.25) is 0 Å². The predicted octanol–water partition coefficient (Wildman–Crippen LogP) is 16.9. The van der Waals surface area contributed by atoms with E-state index in [4.69, 9.17) is 41.3 Å². The van der Waals surface area contributed by atoms with E-state index in [9.17, 15) is 18.9 Å². The first kappa shape index (κ1) is 77.2. The van der Waals surface area contributed by atoms with E-state index in [1.54, 1.807) is 34.0 Å². The first-order valence-corrected chi connectivity index (χ1v) is 40.6. The number of ether oxygens (including phenoxy) is 4. The zero-order valence-corrected chi connectivity index (χ0v) is 58.7. The van der Waals surface area contributed by atoms with Gasteiger partial charge in [-0.1, -0.05) is 113 Å². The third-order valence-electron chi connectivity index (χ3n) is 17.1. The molecule has 0 bridgehead atoms. The lowest BCUT2D eigenvalue weighted by atomic mass is 9.85. The number of unbranched alkanes of at least 4 members (excludes halogenated alkanes) is 1. The van der Waals surface area contributed by atoms with Crippen LogP contribution in [0, 0.1) is 11.8 Å². The van der Waals surface area contributed by atoms with E-state index in [-0.39, 0.29) is 68.2 Å². The van der Waals surface area contributed by atoms with Crippen LogP contribution in [0.5, 0.6) is 5.75 Å². The Hall–Kier alpha value is -2.84. The van der Waals surface area contributed by atoms with Gasteiger partial charge in [-0.2, -0.15) is 0 Å². The second kappa shape index (κ2) is 39.1. The summed E-state index contributed by atoms with van der Waals surface area (Å²) in [5, 5.41) is 0. The minimum atomic E-state index is -3.49. The highest BCUT2D eigenvalue weighted by molar-refractivity contribution is 7.54. The van der Waals surface area contributed by atoms with Crippen molar-refractivity contribution in [2.45, 2.75) is 267 Å². The Kier molecular flexibility index (Phi) is 36.8. The Labute approximate surface area is 501 Å². The van der Waals surface area contributed by atoms with Gasteiger partial charge in [0, 0.05) is 31.8 Å². The van der Waals surface area contributed by atoms with Crippen LogP contribution in [-0.4, -0.2) is 112 Å². The van der Waals surface area contributed by atoms with E-state index in [1.165, 1.54) is 6.92 Å². The maximum Gasteiger partial charge on any atom is 0.338 e. The minimum Gasteiger partial charge on any atom is -0.497 e. The number of allylic oxidation sites excluding steroid dienone is 3. The average molecular weight is 1220 g/mol. The Morgan fingerprint density at radius 2 is 1.28 bits per heavy atom. The van der Waals surface area contributed by atoms with Crippen molar-refractivity contribution in [2.75, 3.05) is 33.1 Å². The van der Waals surface area contributed by atoms with E-state index >= 15 is 4.79 Å². The lowest BCUT2D eigenvalue weighted by molar-refractivity contribution is -0.149. The maximum atomic E-state index is 16.0. The minimum absolute atomic E-state index is 0.0747. The molecule has 0 aliphatic rings. The number of carbonyl (C=O) groups excluding carboxylic acids is 4. The molecule has 18 heteroatoms. The van der Waals surface area contributed by atoms with Gasteiger partial charge in [-0.05, 0) is 163 Å². The summed E-state index contributed by atoms with van der Waals surface area (Å²) in [5.41, 5.74) is 2.49. The van der Waals surface area contributed by atoms with Gasteiger partial charge >= 0.3 is 19.5 Å². The molecule has 0 amide bonds. The van der Waals surface area contributed by atoms with Crippen molar-refractivity contribution in [1.29, 1.82) is 0 Å². The van der Waals surface area contributed by atoms with Crippen LogP contribution in [0.3, 0.4) is 0 Å². The normalized spacial score (nSPS) is 15.9. The largest absolute Gasteiger partial charge is 0.497 e. The lowest BCUT2D eigenvalue weighted by Gasteiger charge is -2.45. The molecule has 0 fully saturated rings. The molecular formula is C64H115O14PSi3. The molecule has 1 aromatic carbocycles. The van der Waals surface area contributed by atoms with E-state index in [2.05, 4.69) is 103 Å². The van der Waals surface area contributed by atoms with Crippen molar-refractivity contribution in [1.82, 2.24) is 0 Å². The first-order chi connectivity index (χ1) is 38.7. The number of carbonyl (C=O) groups is 4. The summed E-state index contributed by atoms with van der Waals surface area (Å²) in [6, 6.07) is 15.7. The number of Topliss-reactive ketones (excluding diaryl/α,β-unsaturated/α-hetero) is 2. The summed E-state index contributed by atoms with van der Waals surface area (Å²) < 4.78 is 70.2. The zero-order chi connectivity index (χ0) is 62.3. The third-order valence-corrected chi connectivity index (χ3v) is 33.2. The molecule has 472 valence electrons. The highest BCUT2D eigenvalue weighted by Gasteiger charge is 2.46. The summed E-state index contributed by atoms with van der Waals surface area (Å²) in [4.78, 5) is 54.0. The van der Waals surface area contributed by atoms with E-state index in [0.29, 0.717) is 43.6 Å². The van der Waals surface area contributed by atoms with Crippen LogP contribution < -0.4 is 4.74 Å². The fourth-order valence-corrected chi connectivity index (χ4v) is 21.6. The number of esters is 2. The van der Waals surface area contributed by atoms with Crippen molar-refractivity contribution in [2.24, 2.45) is 11.8 Å². The molecule has 0 spiro atoms. The Balaban J connectivity index is 4.00. The van der Waals surface area contributed by atoms with Crippen LogP contribution in [-0.2, 0) is 66.9 Å². The maximum absolute atomic E-state index is 16.0. The van der Waals surface area contributed by atoms with Gasteiger partial charge < -0.3 is 41.3 Å². The average Bonchev–Trinajstić information content (AvgIpc) is 3.64. The second-order valence-electron chi connectivity index (χ2n) is 23.1. The van der Waals surface area contributed by atoms with Crippen molar-refractivity contribution < 1.29 is 65.0 Å². The number of hydrogen-bond donors (Lipinski definition) is 0. The number of hydrogen-bond acceptors (Lipinski definition) is 14. The summed E-state index contributed by atoms with van der Waals surface area (Å²) >= 11 is 0. The van der Waals surface area contributed by atoms with E-state index in [1.807, 2.05) is 31.2 Å². The third kappa shape index (κ3) is 26.4. The molecular weight excluding hydrogens is 1110 g/mol. The van der Waals surface area contributed by atoms with Crippen molar-refractivity contribution in [3.63, 3.8) is 0 Å². The Morgan fingerprint density at radius 1 is 0.744 bits per heavy atom. The van der Waals surface area contributed by atoms with E-state index < -0.39 is 68.5 Å². The van der Waals surface area contributed by atoms with Crippen LogP contribution in [0.2, 0.25) is 54.4 Å². The van der Waals surface area contributed by atoms with Crippen LogP contribution in [0.15, 0.2) is 59.7 Å². The fourth-order valence-electron chi connectivity index (χ4n) is 11.0. The van der Waals surface area contributed by atoms with Crippen LogP contribution in [0.1, 0.15) is 182 Å². The molecule has 0 saturated carbocycles. The fraction of sp³-hybridized carbons (Fsp3) is 0.750. The molecule has 0 unspecified atom stereocenters. The smallest absolute Gasteiger partial charge is 0.338 e. The van der Waals surface area contributed by atoms with Gasteiger partial charge in [-0.15, -0.1) is 0 Å². The zero-order valence-electron chi connectivity index (χ0n) is 54.9. The molecule has 0 aliphatic carbocycles. The van der Waals surface area contributed by atoms with Gasteiger partial charge in [0.25, 0.3) is 0 Å². The van der Waals surface area contributed by atoms with Crippen LogP contribution in [0.25, 0.3) is 0 Å². The molecule has 0 N–H and O–H groups in total. The highest BCUT2D eigenvalue weighted by Crippen LogP contribution is 2.48. The molecule has 7 atom stereocenters. The standard InChI is InChI=1S/C64H115O14PSi3/c1-21-73-79(69,74-22-2)48-57(66)35-33-32-34-51(14)63(68)75-54(17)44-52(15)61(77-81(26-6,27-7)28-8)62(72-47-56-36-38-58(70-20)39-37-56)60(67)45-59(76-80(23-3,24-4)25-5)46-64(19,78-82(29-9,30-10)31-11)53(16)43-50(13)42-49(12)40-41-71-55(18)65/h34,36-39,43,49,52,54,59,61-62H,13,21-33,35,40-42,44-48H2,1-12,14-20H3/b51-34+,53-43+/t49-,52+,54-,59+,61-,62-,64+/m0/s1. The molecule has 82 heavy (non-hydrogen) atoms. The SMILES string of the molecule is C=C(/C=C(\C)[C@@](C)(C[C@@H](CC(=O)[C@H](OCc1ccc(OC)cc1)[C@@H](O[Si](CC)(CC)CC)[C@H](C)C[C@H](C)OC(=O)/C(C)=C/CCCC(=O)CP(=O)(OCC)OCC)O[Si](CC)(CC)CC)O[Si](CC)(CC)CC)C[C@@H](C)CCOC(C)=O. The van der Waals surface area contributed by atoms with Gasteiger partial charge in [-0.3, -0.25) is 18.9 Å². The van der Waals surface area contributed by atoms with Gasteiger partial charge in [0.05, 0.1) is 57.5 Å². The quantitative estimate of drug-likeness (QED) is 0.0151. The molecule has 0 heterocycles. The number of benzene rings is 1. The van der Waals surface area contributed by atoms with Gasteiger partial charge in [0.1, 0.15) is 23.8 Å². The molecule has 1 rings (SSSR count). The number of rotatable bonds is 47. The monoisotopic (exact) mass is 1220 g/mol. The molecule has 14 nitrogen and oxygen atoms in total. The van der Waals surface area contributed by atoms with Crippen LogP contribution >= 0.6 is 7.60 Å². The van der Waals surface area contributed by atoms with Crippen molar-refractivity contribution in [3.05, 3.63) is 65.3 Å². The predicted molar refractivity (Wildman–Crippen MR) is 342 cm³/mol.